The number of amides is 1. The van der Waals surface area contributed by atoms with Crippen molar-refractivity contribution in [3.63, 3.8) is 0 Å². The van der Waals surface area contributed by atoms with Crippen molar-refractivity contribution in [1.82, 2.24) is 19.5 Å². The van der Waals surface area contributed by atoms with Crippen molar-refractivity contribution in [1.29, 1.82) is 0 Å². The maximum absolute atomic E-state index is 13.2. The Balaban J connectivity index is 1.65. The van der Waals surface area contributed by atoms with Gasteiger partial charge in [0.25, 0.3) is 0 Å². The molecule has 0 bridgehead atoms. The predicted octanol–water partition coefficient (Wildman–Crippen LogP) is 1.35. The molecule has 158 valence electrons. The second kappa shape index (κ2) is 9.36. The summed E-state index contributed by atoms with van der Waals surface area (Å²) >= 11 is 6.23. The zero-order valence-electron chi connectivity index (χ0n) is 16.5. The van der Waals surface area contributed by atoms with Crippen LogP contribution in [0.3, 0.4) is 0 Å². The van der Waals surface area contributed by atoms with Crippen molar-refractivity contribution in [2.75, 3.05) is 46.9 Å². The van der Waals surface area contributed by atoms with Gasteiger partial charge in [0.1, 0.15) is 6.61 Å². The van der Waals surface area contributed by atoms with E-state index in [-0.39, 0.29) is 30.0 Å². The number of ether oxygens (including phenoxy) is 1. The number of carbonyl (C=O) groups is 1. The molecule has 2 heterocycles. The van der Waals surface area contributed by atoms with E-state index in [1.54, 1.807) is 24.4 Å². The van der Waals surface area contributed by atoms with Gasteiger partial charge in [-0.3, -0.25) is 9.78 Å². The van der Waals surface area contributed by atoms with E-state index in [0.29, 0.717) is 35.4 Å². The van der Waals surface area contributed by atoms with Crippen molar-refractivity contribution in [2.24, 2.45) is 0 Å². The molecule has 1 aromatic carbocycles. The number of halogens is 1. The van der Waals surface area contributed by atoms with Crippen LogP contribution in [0.5, 0.6) is 0 Å². The molecule has 1 fully saturated rings. The molecule has 0 saturated carbocycles. The van der Waals surface area contributed by atoms with Gasteiger partial charge < -0.3 is 15.0 Å². The van der Waals surface area contributed by atoms with Crippen LogP contribution in [0.1, 0.15) is 6.42 Å². The number of nitrogens with zero attached hydrogens (tertiary/aromatic N) is 3. The number of likely N-dealkylation sites (N-methyl/N-ethyl adjacent to an activating group) is 1. The molecule has 0 aliphatic carbocycles. The molecule has 3 rings (SSSR count). The van der Waals surface area contributed by atoms with Crippen molar-refractivity contribution >= 4 is 38.3 Å². The standard InChI is InChI=1S/C19H25ClN4O4S/c1-23(2)8-9-28-13-18(25)22-15-6-7-24(12-15)29(26,27)17-5-3-4-14-10-21-11-16(20)19(14)17/h3-5,10-11,15H,6-9,12-13H2,1-2H3,(H,22,25). The van der Waals surface area contributed by atoms with Gasteiger partial charge in [-0.2, -0.15) is 4.31 Å². The van der Waals surface area contributed by atoms with E-state index in [1.807, 2.05) is 19.0 Å². The van der Waals surface area contributed by atoms with E-state index in [0.717, 1.165) is 6.54 Å². The first-order valence-electron chi connectivity index (χ1n) is 9.33. The average molecular weight is 441 g/mol. The van der Waals surface area contributed by atoms with Crippen LogP contribution in [-0.2, 0) is 19.6 Å². The molecule has 1 atom stereocenters. The Morgan fingerprint density at radius 1 is 1.38 bits per heavy atom. The van der Waals surface area contributed by atoms with Crippen molar-refractivity contribution < 1.29 is 17.9 Å². The Kier molecular flexibility index (Phi) is 7.07. The quantitative estimate of drug-likeness (QED) is 0.623. The lowest BCUT2D eigenvalue weighted by molar-refractivity contribution is -0.126. The van der Waals surface area contributed by atoms with Gasteiger partial charge in [-0.15, -0.1) is 0 Å². The maximum Gasteiger partial charge on any atom is 0.246 e. The number of hydrogen-bond acceptors (Lipinski definition) is 6. The molecule has 1 unspecified atom stereocenters. The van der Waals surface area contributed by atoms with E-state index in [9.17, 15) is 13.2 Å². The van der Waals surface area contributed by atoms with Gasteiger partial charge in [0.2, 0.25) is 15.9 Å². The number of sulfonamides is 1. The van der Waals surface area contributed by atoms with Gasteiger partial charge in [-0.25, -0.2) is 8.42 Å². The molecule has 2 aromatic rings. The minimum absolute atomic E-state index is 0.0387. The molecule has 1 N–H and O–H groups in total. The van der Waals surface area contributed by atoms with Gasteiger partial charge in [-0.05, 0) is 26.6 Å². The Bertz CT molecular complexity index is 978. The van der Waals surface area contributed by atoms with Gasteiger partial charge in [0, 0.05) is 48.8 Å². The fourth-order valence-corrected chi connectivity index (χ4v) is 5.32. The highest BCUT2D eigenvalue weighted by Crippen LogP contribution is 2.32. The van der Waals surface area contributed by atoms with Gasteiger partial charge in [-0.1, -0.05) is 23.7 Å². The molecule has 1 saturated heterocycles. The largest absolute Gasteiger partial charge is 0.370 e. The lowest BCUT2D eigenvalue weighted by Gasteiger charge is -2.19. The summed E-state index contributed by atoms with van der Waals surface area (Å²) in [5.74, 6) is -0.243. The second-order valence-electron chi connectivity index (χ2n) is 7.25. The molecule has 29 heavy (non-hydrogen) atoms. The highest BCUT2D eigenvalue weighted by molar-refractivity contribution is 7.89. The van der Waals surface area contributed by atoms with E-state index in [1.165, 1.54) is 10.5 Å². The number of pyridine rings is 1. The molecule has 1 aromatic heterocycles. The molecular formula is C19H25ClN4O4S. The Morgan fingerprint density at radius 2 is 2.17 bits per heavy atom. The molecule has 0 spiro atoms. The van der Waals surface area contributed by atoms with Crippen LogP contribution < -0.4 is 5.32 Å². The molecular weight excluding hydrogens is 416 g/mol. The molecule has 1 amide bonds. The maximum atomic E-state index is 13.2. The third-order valence-corrected chi connectivity index (χ3v) is 6.94. The van der Waals surface area contributed by atoms with Crippen LogP contribution in [0.4, 0.5) is 0 Å². The fraction of sp³-hybridized carbons (Fsp3) is 0.474. The first kappa shape index (κ1) is 21.9. The average Bonchev–Trinajstić information content (AvgIpc) is 3.14. The molecule has 0 radical (unpaired) electrons. The van der Waals surface area contributed by atoms with Crippen LogP contribution in [-0.4, -0.2) is 81.5 Å². The number of aromatic nitrogens is 1. The van der Waals surface area contributed by atoms with Gasteiger partial charge in [0.05, 0.1) is 16.5 Å². The molecule has 1 aliphatic rings. The van der Waals surface area contributed by atoms with Crippen LogP contribution in [0.2, 0.25) is 5.02 Å². The zero-order chi connectivity index (χ0) is 21.0. The number of hydrogen-bond donors (Lipinski definition) is 1. The lowest BCUT2D eigenvalue weighted by Crippen LogP contribution is -2.40. The fourth-order valence-electron chi connectivity index (χ4n) is 3.26. The monoisotopic (exact) mass is 440 g/mol. The first-order chi connectivity index (χ1) is 13.8. The smallest absolute Gasteiger partial charge is 0.246 e. The number of carbonyl (C=O) groups excluding carboxylic acids is 1. The van der Waals surface area contributed by atoms with E-state index in [2.05, 4.69) is 10.3 Å². The highest BCUT2D eigenvalue weighted by atomic mass is 35.5. The summed E-state index contributed by atoms with van der Waals surface area (Å²) in [7, 11) is 0.101. The molecule has 1 aliphatic heterocycles. The van der Waals surface area contributed by atoms with Gasteiger partial charge >= 0.3 is 0 Å². The Labute approximate surface area is 175 Å². The van der Waals surface area contributed by atoms with E-state index < -0.39 is 10.0 Å². The minimum atomic E-state index is -3.75. The predicted molar refractivity (Wildman–Crippen MR) is 111 cm³/mol. The zero-order valence-corrected chi connectivity index (χ0v) is 18.0. The van der Waals surface area contributed by atoms with Crippen LogP contribution in [0, 0.1) is 0 Å². The van der Waals surface area contributed by atoms with E-state index in [4.69, 9.17) is 16.3 Å². The lowest BCUT2D eigenvalue weighted by atomic mass is 10.2. The van der Waals surface area contributed by atoms with Crippen LogP contribution in [0.15, 0.2) is 35.5 Å². The van der Waals surface area contributed by atoms with Crippen LogP contribution in [0.25, 0.3) is 10.8 Å². The summed E-state index contributed by atoms with van der Waals surface area (Å²) in [5.41, 5.74) is 0. The summed E-state index contributed by atoms with van der Waals surface area (Å²) in [6, 6.07) is 4.75. The number of benzene rings is 1. The van der Waals surface area contributed by atoms with Gasteiger partial charge in [0.15, 0.2) is 0 Å². The van der Waals surface area contributed by atoms with Crippen LogP contribution >= 0.6 is 11.6 Å². The van der Waals surface area contributed by atoms with E-state index >= 15 is 0 Å². The summed E-state index contributed by atoms with van der Waals surface area (Å²) in [5, 5.41) is 4.27. The molecule has 10 heteroatoms. The first-order valence-corrected chi connectivity index (χ1v) is 11.1. The third-order valence-electron chi connectivity index (χ3n) is 4.75. The highest BCUT2D eigenvalue weighted by Gasteiger charge is 2.34. The summed E-state index contributed by atoms with van der Waals surface area (Å²) < 4.78 is 33.1. The number of fused-ring (bicyclic) bond motifs is 1. The molecule has 8 nitrogen and oxygen atoms in total. The van der Waals surface area contributed by atoms with Crippen molar-refractivity contribution in [3.8, 4) is 0 Å². The van der Waals surface area contributed by atoms with Crippen molar-refractivity contribution in [2.45, 2.75) is 17.4 Å². The topological polar surface area (TPSA) is 91.8 Å². The SMILES string of the molecule is CN(C)CCOCC(=O)NC1CCN(S(=O)(=O)c2cccc3cncc(Cl)c23)C1. The third kappa shape index (κ3) is 5.23. The number of rotatable bonds is 8. The normalized spacial score (nSPS) is 17.9. The number of nitrogens with one attached hydrogen (secondary N) is 1. The minimum Gasteiger partial charge on any atom is -0.370 e. The summed E-state index contributed by atoms with van der Waals surface area (Å²) in [6.07, 6.45) is 3.57. The Hall–Kier alpha value is -1.78. The Morgan fingerprint density at radius 3 is 2.93 bits per heavy atom. The van der Waals surface area contributed by atoms with Crippen molar-refractivity contribution in [3.05, 3.63) is 35.6 Å². The second-order valence-corrected chi connectivity index (χ2v) is 9.56. The summed E-state index contributed by atoms with van der Waals surface area (Å²) in [6.45, 7) is 1.69. The summed E-state index contributed by atoms with van der Waals surface area (Å²) in [4.78, 5) is 18.2.